The van der Waals surface area contributed by atoms with E-state index in [0.29, 0.717) is 11.1 Å². The lowest BCUT2D eigenvalue weighted by Gasteiger charge is -2.08. The van der Waals surface area contributed by atoms with Crippen molar-refractivity contribution in [2.45, 2.75) is 6.54 Å². The second-order valence-electron chi connectivity index (χ2n) is 5.21. The Morgan fingerprint density at radius 1 is 1.04 bits per heavy atom. The molecule has 0 saturated carbocycles. The highest BCUT2D eigenvalue weighted by molar-refractivity contribution is 5.94. The minimum Gasteiger partial charge on any atom is -0.348 e. The fourth-order valence-electron chi connectivity index (χ4n) is 2.43. The molecule has 2 aromatic carbocycles. The molecule has 0 aliphatic rings. The summed E-state index contributed by atoms with van der Waals surface area (Å²) < 4.78 is 1.90. The van der Waals surface area contributed by atoms with Gasteiger partial charge in [0.15, 0.2) is 0 Å². The predicted molar refractivity (Wildman–Crippen MR) is 90.0 cm³/mol. The highest BCUT2D eigenvalue weighted by Gasteiger charge is 2.13. The smallest absolute Gasteiger partial charge is 0.274 e. The van der Waals surface area contributed by atoms with Gasteiger partial charge in [0.25, 0.3) is 11.6 Å². The summed E-state index contributed by atoms with van der Waals surface area (Å²) in [6.07, 6.45) is 3.79. The Kier molecular flexibility index (Phi) is 4.38. The molecule has 3 rings (SSSR count). The first-order chi connectivity index (χ1) is 11.6. The van der Waals surface area contributed by atoms with Gasteiger partial charge >= 0.3 is 0 Å². The zero-order valence-corrected chi connectivity index (χ0v) is 12.8. The number of nitrogens with zero attached hydrogens (tertiary/aromatic N) is 2. The third-order valence-electron chi connectivity index (χ3n) is 3.64. The number of nitrogens with one attached hydrogen (secondary N) is 1. The van der Waals surface area contributed by atoms with Gasteiger partial charge in [-0.15, -0.1) is 0 Å². The number of carbonyl (C=O) groups excluding carboxylic acids is 1. The fourth-order valence-corrected chi connectivity index (χ4v) is 2.43. The Morgan fingerprint density at radius 3 is 2.54 bits per heavy atom. The van der Waals surface area contributed by atoms with Gasteiger partial charge < -0.3 is 9.88 Å². The summed E-state index contributed by atoms with van der Waals surface area (Å²) in [6, 6.07) is 17.4. The maximum atomic E-state index is 12.3. The number of rotatable bonds is 5. The topological polar surface area (TPSA) is 77.2 Å². The Labute approximate surface area is 138 Å². The van der Waals surface area contributed by atoms with Gasteiger partial charge in [-0.2, -0.15) is 0 Å². The fraction of sp³-hybridized carbons (Fsp3) is 0.0556. The molecule has 3 aromatic rings. The number of para-hydroxylation sites is 1. The van der Waals surface area contributed by atoms with Gasteiger partial charge in [-0.1, -0.05) is 24.3 Å². The van der Waals surface area contributed by atoms with E-state index >= 15 is 0 Å². The molecule has 0 bridgehead atoms. The molecule has 6 nitrogen and oxygen atoms in total. The van der Waals surface area contributed by atoms with Crippen molar-refractivity contribution in [3.63, 3.8) is 0 Å². The van der Waals surface area contributed by atoms with Crippen LogP contribution in [-0.4, -0.2) is 15.4 Å². The van der Waals surface area contributed by atoms with Gasteiger partial charge in [-0.05, 0) is 30.3 Å². The van der Waals surface area contributed by atoms with E-state index in [-0.39, 0.29) is 18.1 Å². The average molecular weight is 321 g/mol. The number of aromatic nitrogens is 1. The summed E-state index contributed by atoms with van der Waals surface area (Å²) in [7, 11) is 0. The second-order valence-corrected chi connectivity index (χ2v) is 5.21. The van der Waals surface area contributed by atoms with E-state index in [1.54, 1.807) is 36.4 Å². The van der Waals surface area contributed by atoms with E-state index in [1.165, 1.54) is 6.07 Å². The predicted octanol–water partition coefficient (Wildman–Crippen LogP) is 3.32. The van der Waals surface area contributed by atoms with E-state index in [0.717, 1.165) is 5.69 Å². The third-order valence-corrected chi connectivity index (χ3v) is 3.64. The van der Waals surface area contributed by atoms with Crippen LogP contribution in [0.3, 0.4) is 0 Å². The summed E-state index contributed by atoms with van der Waals surface area (Å²) in [4.78, 5) is 22.9. The van der Waals surface area contributed by atoms with Crippen molar-refractivity contribution in [3.8, 4) is 5.69 Å². The molecule has 0 unspecified atom stereocenters. The minimum atomic E-state index is -0.450. The summed E-state index contributed by atoms with van der Waals surface area (Å²) in [5.74, 6) is -0.276. The second kappa shape index (κ2) is 6.78. The highest BCUT2D eigenvalue weighted by Crippen LogP contribution is 2.17. The number of nitro groups is 1. The number of amides is 1. The standard InChI is InChI=1S/C18H15N3O3/c22-18(19-13-15-6-1-2-9-17(15)21(23)24)14-7-5-8-16(12-14)20-10-3-4-11-20/h1-12H,13H2,(H,19,22). The number of hydrogen-bond donors (Lipinski definition) is 1. The van der Waals surface area contributed by atoms with Gasteiger partial charge in [-0.25, -0.2) is 0 Å². The first-order valence-corrected chi connectivity index (χ1v) is 7.39. The normalized spacial score (nSPS) is 10.3. The number of benzene rings is 2. The molecule has 6 heteroatoms. The zero-order chi connectivity index (χ0) is 16.9. The van der Waals surface area contributed by atoms with Crippen LogP contribution in [0.1, 0.15) is 15.9 Å². The van der Waals surface area contributed by atoms with Crippen molar-refractivity contribution in [3.05, 3.63) is 94.3 Å². The van der Waals surface area contributed by atoms with Crippen LogP contribution in [0.5, 0.6) is 0 Å². The SMILES string of the molecule is O=C(NCc1ccccc1[N+](=O)[O-])c1cccc(-n2cccc2)c1. The van der Waals surface area contributed by atoms with Crippen molar-refractivity contribution in [1.29, 1.82) is 0 Å². The number of nitro benzene ring substituents is 1. The summed E-state index contributed by atoms with van der Waals surface area (Å²) in [5, 5.41) is 13.7. The molecule has 0 spiro atoms. The van der Waals surface area contributed by atoms with Crippen LogP contribution < -0.4 is 5.32 Å². The summed E-state index contributed by atoms with van der Waals surface area (Å²) in [5.41, 5.74) is 1.84. The van der Waals surface area contributed by atoms with E-state index in [4.69, 9.17) is 0 Å². The largest absolute Gasteiger partial charge is 0.348 e. The maximum Gasteiger partial charge on any atom is 0.274 e. The number of hydrogen-bond acceptors (Lipinski definition) is 3. The van der Waals surface area contributed by atoms with Crippen LogP contribution in [0.4, 0.5) is 5.69 Å². The lowest BCUT2D eigenvalue weighted by atomic mass is 10.1. The molecular weight excluding hydrogens is 306 g/mol. The van der Waals surface area contributed by atoms with Gasteiger partial charge in [0.2, 0.25) is 0 Å². The quantitative estimate of drug-likeness (QED) is 0.578. The molecule has 1 amide bonds. The molecule has 24 heavy (non-hydrogen) atoms. The van der Waals surface area contributed by atoms with Gasteiger partial charge in [0.1, 0.15) is 0 Å². The molecule has 1 N–H and O–H groups in total. The first-order valence-electron chi connectivity index (χ1n) is 7.39. The molecular formula is C18H15N3O3. The molecule has 0 aliphatic heterocycles. The molecule has 0 aliphatic carbocycles. The van der Waals surface area contributed by atoms with Crippen LogP contribution in [0.15, 0.2) is 73.1 Å². The Morgan fingerprint density at radius 2 is 1.79 bits per heavy atom. The Balaban J connectivity index is 1.74. The summed E-state index contributed by atoms with van der Waals surface area (Å²) >= 11 is 0. The van der Waals surface area contributed by atoms with Crippen LogP contribution in [0, 0.1) is 10.1 Å². The molecule has 0 atom stereocenters. The average Bonchev–Trinajstić information content (AvgIpc) is 3.14. The van der Waals surface area contributed by atoms with E-state index < -0.39 is 4.92 Å². The van der Waals surface area contributed by atoms with E-state index in [9.17, 15) is 14.9 Å². The summed E-state index contributed by atoms with van der Waals surface area (Å²) in [6.45, 7) is 0.101. The number of carbonyl (C=O) groups is 1. The van der Waals surface area contributed by atoms with Crippen LogP contribution in [-0.2, 0) is 6.54 Å². The monoisotopic (exact) mass is 321 g/mol. The first kappa shape index (κ1) is 15.5. The van der Waals surface area contributed by atoms with Crippen molar-refractivity contribution in [1.82, 2.24) is 9.88 Å². The van der Waals surface area contributed by atoms with Gasteiger partial charge in [0.05, 0.1) is 4.92 Å². The van der Waals surface area contributed by atoms with Crippen LogP contribution in [0.2, 0.25) is 0 Å². The molecule has 120 valence electrons. The highest BCUT2D eigenvalue weighted by atomic mass is 16.6. The molecule has 1 heterocycles. The van der Waals surface area contributed by atoms with Crippen LogP contribution >= 0.6 is 0 Å². The zero-order valence-electron chi connectivity index (χ0n) is 12.8. The molecule has 0 radical (unpaired) electrons. The van der Waals surface area contributed by atoms with Crippen molar-refractivity contribution in [2.24, 2.45) is 0 Å². The lowest BCUT2D eigenvalue weighted by Crippen LogP contribution is -2.23. The third kappa shape index (κ3) is 3.33. The Hall–Kier alpha value is -3.41. The van der Waals surface area contributed by atoms with Gasteiger partial charge in [-0.3, -0.25) is 14.9 Å². The minimum absolute atomic E-state index is 0.00103. The van der Waals surface area contributed by atoms with Gasteiger partial charge in [0, 0.05) is 41.8 Å². The van der Waals surface area contributed by atoms with Crippen LogP contribution in [0.25, 0.3) is 5.69 Å². The molecule has 1 aromatic heterocycles. The van der Waals surface area contributed by atoms with Crippen molar-refractivity contribution in [2.75, 3.05) is 0 Å². The Bertz CT molecular complexity index is 873. The molecule has 0 fully saturated rings. The lowest BCUT2D eigenvalue weighted by molar-refractivity contribution is -0.385. The molecule has 0 saturated heterocycles. The maximum absolute atomic E-state index is 12.3. The van der Waals surface area contributed by atoms with Crippen molar-refractivity contribution < 1.29 is 9.72 Å². The van der Waals surface area contributed by atoms with E-state index in [1.807, 2.05) is 35.2 Å². The van der Waals surface area contributed by atoms with Crippen molar-refractivity contribution >= 4 is 11.6 Å². The van der Waals surface area contributed by atoms with E-state index in [2.05, 4.69) is 5.32 Å².